The summed E-state index contributed by atoms with van der Waals surface area (Å²) >= 11 is 0. The van der Waals surface area contributed by atoms with Crippen LogP contribution in [-0.2, 0) is 22.6 Å². The van der Waals surface area contributed by atoms with E-state index >= 15 is 0 Å². The standard InChI is InChI=1S/C12H18N2O3/c1-2-12(4-14-10-7-16-8-10)17-11(1)3-13-9-5-15-6-9/h1-2,9-10,13-14H,3-8H2. The Morgan fingerprint density at radius 3 is 1.71 bits per heavy atom. The molecule has 5 nitrogen and oxygen atoms in total. The first-order valence-corrected chi connectivity index (χ1v) is 6.10. The van der Waals surface area contributed by atoms with Gasteiger partial charge in [0.1, 0.15) is 11.5 Å². The van der Waals surface area contributed by atoms with Crippen LogP contribution in [0.4, 0.5) is 0 Å². The van der Waals surface area contributed by atoms with E-state index < -0.39 is 0 Å². The summed E-state index contributed by atoms with van der Waals surface area (Å²) in [6.07, 6.45) is 0. The summed E-state index contributed by atoms with van der Waals surface area (Å²) in [4.78, 5) is 0. The highest BCUT2D eigenvalue weighted by molar-refractivity contribution is 5.07. The first kappa shape index (κ1) is 11.2. The van der Waals surface area contributed by atoms with E-state index in [4.69, 9.17) is 13.9 Å². The van der Waals surface area contributed by atoms with Crippen molar-refractivity contribution in [1.29, 1.82) is 0 Å². The van der Waals surface area contributed by atoms with Gasteiger partial charge >= 0.3 is 0 Å². The topological polar surface area (TPSA) is 55.7 Å². The minimum Gasteiger partial charge on any atom is -0.463 e. The van der Waals surface area contributed by atoms with E-state index in [0.29, 0.717) is 12.1 Å². The van der Waals surface area contributed by atoms with Crippen LogP contribution in [0.25, 0.3) is 0 Å². The van der Waals surface area contributed by atoms with Gasteiger partial charge in [0.25, 0.3) is 0 Å². The van der Waals surface area contributed by atoms with Gasteiger partial charge < -0.3 is 24.5 Å². The lowest BCUT2D eigenvalue weighted by molar-refractivity contribution is -0.00723. The van der Waals surface area contributed by atoms with Crippen LogP contribution in [0.2, 0.25) is 0 Å². The van der Waals surface area contributed by atoms with Crippen LogP contribution in [-0.4, -0.2) is 38.5 Å². The Hall–Kier alpha value is -0.880. The van der Waals surface area contributed by atoms with Crippen LogP contribution >= 0.6 is 0 Å². The quantitative estimate of drug-likeness (QED) is 0.744. The van der Waals surface area contributed by atoms with Gasteiger partial charge in [-0.15, -0.1) is 0 Å². The average Bonchev–Trinajstić information content (AvgIpc) is 2.61. The van der Waals surface area contributed by atoms with E-state index in [1.165, 1.54) is 0 Å². The van der Waals surface area contributed by atoms with Crippen molar-refractivity contribution < 1.29 is 13.9 Å². The van der Waals surface area contributed by atoms with Crippen molar-refractivity contribution in [2.75, 3.05) is 26.4 Å². The van der Waals surface area contributed by atoms with Crippen LogP contribution in [0.3, 0.4) is 0 Å². The summed E-state index contributed by atoms with van der Waals surface area (Å²) in [5, 5.41) is 6.75. The van der Waals surface area contributed by atoms with Gasteiger partial charge in [0, 0.05) is 0 Å². The highest BCUT2D eigenvalue weighted by atomic mass is 16.5. The molecule has 2 fully saturated rings. The maximum Gasteiger partial charge on any atom is 0.118 e. The monoisotopic (exact) mass is 238 g/mol. The molecule has 2 aliphatic rings. The van der Waals surface area contributed by atoms with Crippen LogP contribution in [0.15, 0.2) is 16.5 Å². The third-order valence-corrected chi connectivity index (χ3v) is 3.12. The first-order chi connectivity index (χ1) is 8.40. The summed E-state index contributed by atoms with van der Waals surface area (Å²) in [5.41, 5.74) is 0. The molecule has 0 radical (unpaired) electrons. The predicted molar refractivity (Wildman–Crippen MR) is 61.6 cm³/mol. The molecule has 1 aromatic heterocycles. The fourth-order valence-corrected chi connectivity index (χ4v) is 1.81. The summed E-state index contributed by atoms with van der Waals surface area (Å²) in [7, 11) is 0. The average molecular weight is 238 g/mol. The van der Waals surface area contributed by atoms with Crippen LogP contribution in [0.1, 0.15) is 11.5 Å². The van der Waals surface area contributed by atoms with Crippen molar-refractivity contribution in [1.82, 2.24) is 10.6 Å². The molecule has 94 valence electrons. The minimum absolute atomic E-state index is 0.494. The number of nitrogens with one attached hydrogen (secondary N) is 2. The highest BCUT2D eigenvalue weighted by Gasteiger charge is 2.19. The summed E-state index contributed by atoms with van der Waals surface area (Å²) in [6, 6.07) is 5.05. The number of furan rings is 1. The zero-order valence-electron chi connectivity index (χ0n) is 9.78. The molecule has 2 aliphatic heterocycles. The molecule has 2 N–H and O–H groups in total. The molecule has 17 heavy (non-hydrogen) atoms. The zero-order valence-corrected chi connectivity index (χ0v) is 9.78. The van der Waals surface area contributed by atoms with Gasteiger partial charge in [-0.05, 0) is 12.1 Å². The Balaban J connectivity index is 1.40. The summed E-state index contributed by atoms with van der Waals surface area (Å²) in [5.74, 6) is 1.97. The molecular weight excluding hydrogens is 220 g/mol. The van der Waals surface area contributed by atoms with Crippen molar-refractivity contribution in [2.24, 2.45) is 0 Å². The Morgan fingerprint density at radius 2 is 1.35 bits per heavy atom. The maximum absolute atomic E-state index is 5.72. The van der Waals surface area contributed by atoms with Crippen molar-refractivity contribution in [2.45, 2.75) is 25.2 Å². The van der Waals surface area contributed by atoms with Gasteiger partial charge in [0.15, 0.2) is 0 Å². The molecule has 3 heterocycles. The molecule has 0 aliphatic carbocycles. The minimum atomic E-state index is 0.494. The summed E-state index contributed by atoms with van der Waals surface area (Å²) < 4.78 is 15.9. The molecule has 0 bridgehead atoms. The lowest BCUT2D eigenvalue weighted by Gasteiger charge is -2.26. The molecule has 2 saturated heterocycles. The molecule has 3 rings (SSSR count). The molecule has 0 spiro atoms. The number of hydrogen-bond donors (Lipinski definition) is 2. The van der Waals surface area contributed by atoms with Gasteiger partial charge in [0.2, 0.25) is 0 Å². The Kier molecular flexibility index (Phi) is 3.42. The lowest BCUT2D eigenvalue weighted by Crippen LogP contribution is -2.45. The van der Waals surface area contributed by atoms with Gasteiger partial charge in [-0.25, -0.2) is 0 Å². The van der Waals surface area contributed by atoms with Gasteiger partial charge in [-0.1, -0.05) is 0 Å². The Bertz CT molecular complexity index is 326. The van der Waals surface area contributed by atoms with Gasteiger partial charge in [0.05, 0.1) is 51.6 Å². The maximum atomic E-state index is 5.72. The van der Waals surface area contributed by atoms with E-state index in [-0.39, 0.29) is 0 Å². The Morgan fingerprint density at radius 1 is 0.882 bits per heavy atom. The molecule has 0 aromatic carbocycles. The first-order valence-electron chi connectivity index (χ1n) is 6.10. The van der Waals surface area contributed by atoms with E-state index in [9.17, 15) is 0 Å². The second-order valence-electron chi connectivity index (χ2n) is 4.60. The molecule has 5 heteroatoms. The SMILES string of the molecule is c1cc(CNC2COC2)oc1CNC1COC1. The van der Waals surface area contributed by atoms with Crippen molar-refractivity contribution in [3.8, 4) is 0 Å². The van der Waals surface area contributed by atoms with Gasteiger partial charge in [-0.2, -0.15) is 0 Å². The van der Waals surface area contributed by atoms with Crippen molar-refractivity contribution in [3.63, 3.8) is 0 Å². The number of rotatable bonds is 6. The van der Waals surface area contributed by atoms with Crippen LogP contribution < -0.4 is 10.6 Å². The van der Waals surface area contributed by atoms with Crippen LogP contribution in [0.5, 0.6) is 0 Å². The normalized spacial score (nSPS) is 21.2. The third-order valence-electron chi connectivity index (χ3n) is 3.12. The van der Waals surface area contributed by atoms with Gasteiger partial charge in [-0.3, -0.25) is 0 Å². The fraction of sp³-hybridized carbons (Fsp3) is 0.667. The van der Waals surface area contributed by atoms with E-state index in [1.54, 1.807) is 0 Å². The van der Waals surface area contributed by atoms with Crippen LogP contribution in [0, 0.1) is 0 Å². The highest BCUT2D eigenvalue weighted by Crippen LogP contribution is 2.10. The van der Waals surface area contributed by atoms with E-state index in [1.807, 2.05) is 12.1 Å². The predicted octanol–water partition coefficient (Wildman–Crippen LogP) is 0.256. The fourth-order valence-electron chi connectivity index (χ4n) is 1.81. The van der Waals surface area contributed by atoms with Crippen molar-refractivity contribution >= 4 is 0 Å². The summed E-state index contributed by atoms with van der Waals surface area (Å²) in [6.45, 7) is 4.82. The molecule has 0 saturated carbocycles. The third kappa shape index (κ3) is 2.87. The zero-order chi connectivity index (χ0) is 11.5. The molecule has 1 aromatic rings. The smallest absolute Gasteiger partial charge is 0.118 e. The second-order valence-corrected chi connectivity index (χ2v) is 4.60. The molecule has 0 amide bonds. The largest absolute Gasteiger partial charge is 0.463 e. The second kappa shape index (κ2) is 5.18. The number of ether oxygens (including phenoxy) is 2. The van der Waals surface area contributed by atoms with Crippen molar-refractivity contribution in [3.05, 3.63) is 23.7 Å². The Labute approximate surface area is 100 Å². The molecule has 0 unspecified atom stereocenters. The molecule has 0 atom stereocenters. The number of hydrogen-bond acceptors (Lipinski definition) is 5. The lowest BCUT2D eigenvalue weighted by atomic mass is 10.2. The molecular formula is C12H18N2O3. The van der Waals surface area contributed by atoms with E-state index in [0.717, 1.165) is 51.0 Å². The van der Waals surface area contributed by atoms with E-state index in [2.05, 4.69) is 10.6 Å².